The zero-order valence-corrected chi connectivity index (χ0v) is 9.52. The summed E-state index contributed by atoms with van der Waals surface area (Å²) in [6.07, 6.45) is 2.04. The Labute approximate surface area is 91.6 Å². The number of unbranched alkanes of at least 4 members (excludes halogenated alkanes) is 1. The lowest BCUT2D eigenvalue weighted by Crippen LogP contribution is -2.09. The molecule has 0 bridgehead atoms. The first-order valence-electron chi connectivity index (χ1n) is 5.31. The van der Waals surface area contributed by atoms with Gasteiger partial charge in [-0.3, -0.25) is 0 Å². The third kappa shape index (κ3) is 24.8. The highest BCUT2D eigenvalue weighted by Crippen LogP contribution is 1.79. The Kier molecular flexibility index (Phi) is 22.2. The van der Waals surface area contributed by atoms with Crippen LogP contribution in [-0.4, -0.2) is 61.6 Å². The van der Waals surface area contributed by atoms with Crippen molar-refractivity contribution in [2.45, 2.75) is 19.8 Å². The van der Waals surface area contributed by atoms with Gasteiger partial charge in [-0.05, 0) is 6.42 Å². The van der Waals surface area contributed by atoms with E-state index in [1.165, 1.54) is 0 Å². The molecule has 5 heteroatoms. The van der Waals surface area contributed by atoms with E-state index in [1.807, 2.05) is 0 Å². The highest BCUT2D eigenvalue weighted by atomic mass is 16.5. The molecule has 94 valence electrons. The van der Waals surface area contributed by atoms with E-state index in [0.717, 1.165) is 12.8 Å². The van der Waals surface area contributed by atoms with Crippen LogP contribution in [0.25, 0.3) is 0 Å². The van der Waals surface area contributed by atoms with Crippen molar-refractivity contribution in [1.29, 1.82) is 0 Å². The highest BCUT2D eigenvalue weighted by Gasteiger charge is 1.86. The molecule has 0 rings (SSSR count). The van der Waals surface area contributed by atoms with Crippen LogP contribution in [0.15, 0.2) is 0 Å². The molecular weight excluding hydrogens is 200 g/mol. The van der Waals surface area contributed by atoms with E-state index in [-0.39, 0.29) is 13.2 Å². The van der Waals surface area contributed by atoms with Crippen LogP contribution in [0.3, 0.4) is 0 Å². The van der Waals surface area contributed by atoms with E-state index in [4.69, 9.17) is 24.8 Å². The Balaban J connectivity index is 0. The fourth-order valence-corrected chi connectivity index (χ4v) is 0.609. The van der Waals surface area contributed by atoms with Crippen LogP contribution in [-0.2, 0) is 9.47 Å². The molecule has 0 spiro atoms. The standard InChI is InChI=1S/C6H14O4.C4H10O/c7-1-3-9-5-6-10-4-2-8;1-2-3-4-5/h7-8H,1-6H2;5H,2-4H2,1H3. The summed E-state index contributed by atoms with van der Waals surface area (Å²) in [5, 5.41) is 24.6. The Morgan fingerprint density at radius 3 is 1.40 bits per heavy atom. The van der Waals surface area contributed by atoms with Crippen LogP contribution in [0.2, 0.25) is 0 Å². The molecule has 5 nitrogen and oxygen atoms in total. The molecule has 0 saturated heterocycles. The minimum atomic E-state index is 0.0417. The molecule has 0 aliphatic rings. The number of ether oxygens (including phenoxy) is 2. The van der Waals surface area contributed by atoms with Crippen molar-refractivity contribution in [3.05, 3.63) is 0 Å². The molecule has 0 unspecified atom stereocenters. The van der Waals surface area contributed by atoms with Gasteiger partial charge in [-0.15, -0.1) is 0 Å². The van der Waals surface area contributed by atoms with Gasteiger partial charge < -0.3 is 24.8 Å². The predicted octanol–water partition coefficient (Wildman–Crippen LogP) is -0.217. The van der Waals surface area contributed by atoms with Gasteiger partial charge in [-0.2, -0.15) is 0 Å². The third-order valence-corrected chi connectivity index (χ3v) is 1.35. The lowest BCUT2D eigenvalue weighted by atomic mass is 10.4. The van der Waals surface area contributed by atoms with Crippen LogP contribution >= 0.6 is 0 Å². The van der Waals surface area contributed by atoms with Gasteiger partial charge in [0, 0.05) is 6.61 Å². The van der Waals surface area contributed by atoms with Gasteiger partial charge in [0.25, 0.3) is 0 Å². The van der Waals surface area contributed by atoms with Gasteiger partial charge in [0.05, 0.1) is 39.6 Å². The summed E-state index contributed by atoms with van der Waals surface area (Å²) in [6.45, 7) is 4.12. The topological polar surface area (TPSA) is 79.2 Å². The average Bonchev–Trinajstić information content (AvgIpc) is 2.25. The molecule has 0 amide bonds. The van der Waals surface area contributed by atoms with Crippen molar-refractivity contribution < 1.29 is 24.8 Å². The Morgan fingerprint density at radius 1 is 0.733 bits per heavy atom. The largest absolute Gasteiger partial charge is 0.396 e. The van der Waals surface area contributed by atoms with Gasteiger partial charge in [-0.1, -0.05) is 13.3 Å². The lowest BCUT2D eigenvalue weighted by molar-refractivity contribution is 0.0222. The smallest absolute Gasteiger partial charge is 0.0701 e. The average molecular weight is 224 g/mol. The molecule has 0 aliphatic heterocycles. The molecule has 0 aromatic rings. The molecule has 0 atom stereocenters. The van der Waals surface area contributed by atoms with Crippen molar-refractivity contribution in [1.82, 2.24) is 0 Å². The molecule has 15 heavy (non-hydrogen) atoms. The molecule has 0 aliphatic carbocycles. The first-order valence-corrected chi connectivity index (χ1v) is 5.31. The molecule has 0 fully saturated rings. The number of aliphatic hydroxyl groups is 3. The first-order chi connectivity index (χ1) is 7.33. The van der Waals surface area contributed by atoms with Gasteiger partial charge in [0.2, 0.25) is 0 Å². The Morgan fingerprint density at radius 2 is 1.20 bits per heavy atom. The van der Waals surface area contributed by atoms with Crippen molar-refractivity contribution in [3.8, 4) is 0 Å². The van der Waals surface area contributed by atoms with Gasteiger partial charge in [0.15, 0.2) is 0 Å². The zero-order chi connectivity index (χ0) is 11.8. The van der Waals surface area contributed by atoms with Gasteiger partial charge in [0.1, 0.15) is 0 Å². The molecule has 0 radical (unpaired) electrons. The SMILES string of the molecule is CCCCO.OCCOCCOCCO. The van der Waals surface area contributed by atoms with Crippen molar-refractivity contribution in [2.24, 2.45) is 0 Å². The maximum absolute atomic E-state index is 8.26. The second-order valence-corrected chi connectivity index (χ2v) is 2.75. The van der Waals surface area contributed by atoms with Crippen LogP contribution < -0.4 is 0 Å². The zero-order valence-electron chi connectivity index (χ0n) is 9.52. The second kappa shape index (κ2) is 19.4. The van der Waals surface area contributed by atoms with Crippen LogP contribution in [0.1, 0.15) is 19.8 Å². The van der Waals surface area contributed by atoms with Gasteiger partial charge >= 0.3 is 0 Å². The monoisotopic (exact) mass is 224 g/mol. The van der Waals surface area contributed by atoms with Crippen LogP contribution in [0.4, 0.5) is 0 Å². The second-order valence-electron chi connectivity index (χ2n) is 2.75. The van der Waals surface area contributed by atoms with E-state index in [1.54, 1.807) is 0 Å². The van der Waals surface area contributed by atoms with Crippen LogP contribution in [0.5, 0.6) is 0 Å². The molecule has 0 aromatic carbocycles. The van der Waals surface area contributed by atoms with Crippen molar-refractivity contribution in [2.75, 3.05) is 46.2 Å². The lowest BCUT2D eigenvalue weighted by Gasteiger charge is -2.01. The summed E-state index contributed by atoms with van der Waals surface area (Å²) < 4.78 is 9.75. The normalized spacial score (nSPS) is 9.60. The summed E-state index contributed by atoms with van der Waals surface area (Å²) in [7, 11) is 0. The molecule has 0 saturated carbocycles. The first kappa shape index (κ1) is 17.2. The van der Waals surface area contributed by atoms with E-state index in [9.17, 15) is 0 Å². The molecular formula is C10H24O5. The molecule has 0 aromatic heterocycles. The van der Waals surface area contributed by atoms with E-state index < -0.39 is 0 Å². The molecule has 3 N–H and O–H groups in total. The van der Waals surface area contributed by atoms with Crippen molar-refractivity contribution in [3.63, 3.8) is 0 Å². The van der Waals surface area contributed by atoms with Crippen molar-refractivity contribution >= 4 is 0 Å². The summed E-state index contributed by atoms with van der Waals surface area (Å²) >= 11 is 0. The van der Waals surface area contributed by atoms with E-state index in [2.05, 4.69) is 6.92 Å². The minimum Gasteiger partial charge on any atom is -0.396 e. The number of hydrogen-bond acceptors (Lipinski definition) is 5. The van der Waals surface area contributed by atoms with Gasteiger partial charge in [-0.25, -0.2) is 0 Å². The Bertz CT molecular complexity index is 79.9. The maximum Gasteiger partial charge on any atom is 0.0701 e. The number of aliphatic hydroxyl groups excluding tert-OH is 3. The predicted molar refractivity (Wildman–Crippen MR) is 57.8 cm³/mol. The van der Waals surface area contributed by atoms with E-state index >= 15 is 0 Å². The molecule has 0 heterocycles. The maximum atomic E-state index is 8.26. The number of hydrogen-bond donors (Lipinski definition) is 3. The summed E-state index contributed by atoms with van der Waals surface area (Å²) in [5.41, 5.74) is 0. The van der Waals surface area contributed by atoms with Crippen LogP contribution in [0, 0.1) is 0 Å². The number of rotatable bonds is 9. The highest BCUT2D eigenvalue weighted by molar-refractivity contribution is 4.30. The third-order valence-electron chi connectivity index (χ3n) is 1.35. The quantitative estimate of drug-likeness (QED) is 0.472. The summed E-state index contributed by atoms with van der Waals surface area (Å²) in [5.74, 6) is 0. The summed E-state index contributed by atoms with van der Waals surface area (Å²) in [4.78, 5) is 0. The van der Waals surface area contributed by atoms with E-state index in [0.29, 0.717) is 33.0 Å². The summed E-state index contributed by atoms with van der Waals surface area (Å²) in [6, 6.07) is 0. The Hall–Kier alpha value is -0.200. The fraction of sp³-hybridized carbons (Fsp3) is 1.00. The fourth-order valence-electron chi connectivity index (χ4n) is 0.609. The minimum absolute atomic E-state index is 0.0417.